The SMILES string of the molecule is Cn1nc(-c2ccccc2F)n(C)c1=O. The second kappa shape index (κ2) is 3.34. The second-order valence-corrected chi connectivity index (χ2v) is 3.27. The molecule has 15 heavy (non-hydrogen) atoms. The highest BCUT2D eigenvalue weighted by Crippen LogP contribution is 2.18. The van der Waals surface area contributed by atoms with E-state index in [0.29, 0.717) is 11.4 Å². The van der Waals surface area contributed by atoms with Crippen LogP contribution in [0.4, 0.5) is 4.39 Å². The van der Waals surface area contributed by atoms with Crippen LogP contribution in [-0.2, 0) is 14.1 Å². The standard InChI is InChI=1S/C10H10FN3O/c1-13-9(12-14(2)10(13)15)7-5-3-4-6-8(7)11/h3-6H,1-2H3. The maximum atomic E-state index is 13.4. The number of rotatable bonds is 1. The maximum Gasteiger partial charge on any atom is 0.345 e. The molecule has 1 heterocycles. The molecule has 1 aromatic carbocycles. The van der Waals surface area contributed by atoms with E-state index in [4.69, 9.17) is 0 Å². The smallest absolute Gasteiger partial charge is 0.278 e. The van der Waals surface area contributed by atoms with Crippen LogP contribution in [0.15, 0.2) is 29.1 Å². The Morgan fingerprint density at radius 3 is 2.47 bits per heavy atom. The molecule has 0 fully saturated rings. The van der Waals surface area contributed by atoms with Gasteiger partial charge in [0.15, 0.2) is 5.82 Å². The van der Waals surface area contributed by atoms with Gasteiger partial charge in [0.2, 0.25) is 0 Å². The van der Waals surface area contributed by atoms with Gasteiger partial charge in [-0.3, -0.25) is 4.57 Å². The van der Waals surface area contributed by atoms with Gasteiger partial charge >= 0.3 is 5.69 Å². The number of aryl methyl sites for hydroxylation is 1. The fourth-order valence-corrected chi connectivity index (χ4v) is 1.44. The summed E-state index contributed by atoms with van der Waals surface area (Å²) in [6.07, 6.45) is 0. The van der Waals surface area contributed by atoms with Crippen molar-refractivity contribution < 1.29 is 4.39 Å². The van der Waals surface area contributed by atoms with Gasteiger partial charge in [-0.15, -0.1) is 5.10 Å². The quantitative estimate of drug-likeness (QED) is 0.697. The van der Waals surface area contributed by atoms with E-state index in [1.807, 2.05) is 0 Å². The lowest BCUT2D eigenvalue weighted by atomic mass is 10.2. The molecule has 1 aromatic heterocycles. The minimum absolute atomic E-state index is 0.270. The van der Waals surface area contributed by atoms with Crippen molar-refractivity contribution in [3.63, 3.8) is 0 Å². The lowest BCUT2D eigenvalue weighted by molar-refractivity contribution is 0.628. The Morgan fingerprint density at radius 1 is 1.27 bits per heavy atom. The molecular formula is C10H10FN3O. The summed E-state index contributed by atoms with van der Waals surface area (Å²) in [7, 11) is 3.10. The van der Waals surface area contributed by atoms with Crippen LogP contribution in [0.2, 0.25) is 0 Å². The minimum atomic E-state index is -0.383. The van der Waals surface area contributed by atoms with Crippen LogP contribution in [0.5, 0.6) is 0 Å². The molecule has 2 aromatic rings. The normalized spacial score (nSPS) is 10.6. The van der Waals surface area contributed by atoms with Crippen LogP contribution < -0.4 is 5.69 Å². The van der Waals surface area contributed by atoms with E-state index < -0.39 is 0 Å². The van der Waals surface area contributed by atoms with Crippen molar-refractivity contribution in [2.45, 2.75) is 0 Å². The highest BCUT2D eigenvalue weighted by molar-refractivity contribution is 5.55. The number of halogens is 1. The van der Waals surface area contributed by atoms with Crippen molar-refractivity contribution in [3.8, 4) is 11.4 Å². The first kappa shape index (κ1) is 9.64. The molecule has 0 aliphatic carbocycles. The molecule has 5 heteroatoms. The molecule has 4 nitrogen and oxygen atoms in total. The Morgan fingerprint density at radius 2 is 1.93 bits per heavy atom. The van der Waals surface area contributed by atoms with E-state index in [1.54, 1.807) is 25.2 Å². The van der Waals surface area contributed by atoms with Crippen molar-refractivity contribution in [2.75, 3.05) is 0 Å². The van der Waals surface area contributed by atoms with Crippen LogP contribution in [-0.4, -0.2) is 14.3 Å². The van der Waals surface area contributed by atoms with Crippen molar-refractivity contribution in [3.05, 3.63) is 40.6 Å². The third kappa shape index (κ3) is 1.45. The Hall–Kier alpha value is -1.91. The number of nitrogens with zero attached hydrogens (tertiary/aromatic N) is 3. The lowest BCUT2D eigenvalue weighted by Gasteiger charge is -2.00. The lowest BCUT2D eigenvalue weighted by Crippen LogP contribution is -2.20. The predicted molar refractivity (Wildman–Crippen MR) is 53.8 cm³/mol. The van der Waals surface area contributed by atoms with Crippen LogP contribution in [0, 0.1) is 5.82 Å². The summed E-state index contributed by atoms with van der Waals surface area (Å²) in [6, 6.07) is 6.24. The van der Waals surface area contributed by atoms with Crippen molar-refractivity contribution in [1.82, 2.24) is 14.3 Å². The largest absolute Gasteiger partial charge is 0.345 e. The molecule has 0 bridgehead atoms. The predicted octanol–water partition coefficient (Wildman–Crippen LogP) is 0.925. The number of aromatic nitrogens is 3. The third-order valence-corrected chi connectivity index (χ3v) is 2.24. The minimum Gasteiger partial charge on any atom is -0.278 e. The van der Waals surface area contributed by atoms with Gasteiger partial charge in [-0.2, -0.15) is 0 Å². The zero-order chi connectivity index (χ0) is 11.0. The van der Waals surface area contributed by atoms with Gasteiger partial charge in [0, 0.05) is 14.1 Å². The fourth-order valence-electron chi connectivity index (χ4n) is 1.44. The van der Waals surface area contributed by atoms with E-state index in [1.165, 1.54) is 22.4 Å². The van der Waals surface area contributed by atoms with Crippen molar-refractivity contribution in [2.24, 2.45) is 14.1 Å². The van der Waals surface area contributed by atoms with E-state index in [0.717, 1.165) is 0 Å². The van der Waals surface area contributed by atoms with Gasteiger partial charge in [-0.25, -0.2) is 13.9 Å². The molecule has 0 aliphatic rings. The number of hydrogen-bond acceptors (Lipinski definition) is 2. The van der Waals surface area contributed by atoms with Crippen molar-refractivity contribution >= 4 is 0 Å². The van der Waals surface area contributed by atoms with E-state index in [-0.39, 0.29) is 11.5 Å². The van der Waals surface area contributed by atoms with Gasteiger partial charge in [-0.1, -0.05) is 12.1 Å². The molecule has 2 rings (SSSR count). The molecule has 0 spiro atoms. The molecular weight excluding hydrogens is 197 g/mol. The zero-order valence-electron chi connectivity index (χ0n) is 8.44. The molecule has 0 atom stereocenters. The third-order valence-electron chi connectivity index (χ3n) is 2.24. The molecule has 0 aliphatic heterocycles. The Labute approximate surface area is 85.6 Å². The Kier molecular flexibility index (Phi) is 2.15. The van der Waals surface area contributed by atoms with Crippen LogP contribution in [0.1, 0.15) is 0 Å². The number of hydrogen-bond donors (Lipinski definition) is 0. The summed E-state index contributed by atoms with van der Waals surface area (Å²) in [6.45, 7) is 0. The first-order valence-corrected chi connectivity index (χ1v) is 4.46. The summed E-state index contributed by atoms with van der Waals surface area (Å²) in [5.41, 5.74) is 0.0611. The average Bonchev–Trinajstić information content (AvgIpc) is 2.47. The first-order valence-electron chi connectivity index (χ1n) is 4.46. The van der Waals surface area contributed by atoms with Crippen LogP contribution >= 0.6 is 0 Å². The highest BCUT2D eigenvalue weighted by atomic mass is 19.1. The van der Waals surface area contributed by atoms with E-state index >= 15 is 0 Å². The Bertz CT molecular complexity index is 556. The van der Waals surface area contributed by atoms with E-state index in [2.05, 4.69) is 5.10 Å². The summed E-state index contributed by atoms with van der Waals surface area (Å²) < 4.78 is 15.9. The van der Waals surface area contributed by atoms with Gasteiger partial charge in [-0.05, 0) is 12.1 Å². The summed E-state index contributed by atoms with van der Waals surface area (Å²) >= 11 is 0. The summed E-state index contributed by atoms with van der Waals surface area (Å²) in [5, 5.41) is 3.97. The van der Waals surface area contributed by atoms with Gasteiger partial charge in [0.05, 0.1) is 5.56 Å². The van der Waals surface area contributed by atoms with E-state index in [9.17, 15) is 9.18 Å². The van der Waals surface area contributed by atoms with Gasteiger partial charge < -0.3 is 0 Å². The molecule has 0 amide bonds. The summed E-state index contributed by atoms with van der Waals surface area (Å²) in [5.74, 6) is -0.0493. The maximum absolute atomic E-state index is 13.4. The Balaban J connectivity index is 2.70. The first-order chi connectivity index (χ1) is 7.11. The van der Waals surface area contributed by atoms with Gasteiger partial charge in [0.1, 0.15) is 5.82 Å². The topological polar surface area (TPSA) is 39.8 Å². The van der Waals surface area contributed by atoms with Crippen LogP contribution in [0.25, 0.3) is 11.4 Å². The van der Waals surface area contributed by atoms with Crippen LogP contribution in [0.3, 0.4) is 0 Å². The molecule has 0 radical (unpaired) electrons. The van der Waals surface area contributed by atoms with Gasteiger partial charge in [0.25, 0.3) is 0 Å². The second-order valence-electron chi connectivity index (χ2n) is 3.27. The molecule has 78 valence electrons. The molecule has 0 N–H and O–H groups in total. The highest BCUT2D eigenvalue weighted by Gasteiger charge is 2.12. The summed E-state index contributed by atoms with van der Waals surface area (Å²) in [4.78, 5) is 11.4. The van der Waals surface area contributed by atoms with Crippen molar-refractivity contribution in [1.29, 1.82) is 0 Å². The zero-order valence-corrected chi connectivity index (χ0v) is 8.44. The monoisotopic (exact) mass is 207 g/mol. The number of benzene rings is 1. The molecule has 0 saturated heterocycles. The fraction of sp³-hybridized carbons (Fsp3) is 0.200. The average molecular weight is 207 g/mol. The molecule has 0 unspecified atom stereocenters. The molecule has 0 saturated carbocycles.